The van der Waals surface area contributed by atoms with Gasteiger partial charge in [-0.15, -0.1) is 0 Å². The van der Waals surface area contributed by atoms with Crippen LogP contribution in [0.3, 0.4) is 0 Å². The molecule has 0 atom stereocenters. The third-order valence-corrected chi connectivity index (χ3v) is 6.73. The summed E-state index contributed by atoms with van der Waals surface area (Å²) in [6, 6.07) is 3.67. The first-order valence-electron chi connectivity index (χ1n) is 9.22. The highest BCUT2D eigenvalue weighted by Crippen LogP contribution is 2.22. The molecular weight excluding hydrogens is 366 g/mol. The topological polar surface area (TPSA) is 95.6 Å². The van der Waals surface area contributed by atoms with Gasteiger partial charge in [0, 0.05) is 39.0 Å². The van der Waals surface area contributed by atoms with Gasteiger partial charge < -0.3 is 10.2 Å². The average Bonchev–Trinajstić information content (AvgIpc) is 2.59. The van der Waals surface area contributed by atoms with Crippen molar-refractivity contribution in [1.29, 1.82) is 0 Å². The van der Waals surface area contributed by atoms with Crippen molar-refractivity contribution in [2.75, 3.05) is 26.7 Å². The molecule has 1 fully saturated rings. The molecule has 2 rings (SSSR count). The molecule has 7 nitrogen and oxygen atoms in total. The summed E-state index contributed by atoms with van der Waals surface area (Å²) in [5.74, 6) is -0.130. The number of carbonyl (C=O) groups excluding carboxylic acids is 2. The third kappa shape index (κ3) is 5.29. The normalized spacial score (nSPS) is 15.6. The number of carbonyl (C=O) groups is 2. The van der Waals surface area contributed by atoms with Crippen molar-refractivity contribution >= 4 is 21.8 Å². The minimum Gasteiger partial charge on any atom is -0.359 e. The van der Waals surface area contributed by atoms with Crippen LogP contribution in [-0.2, 0) is 19.6 Å². The zero-order valence-corrected chi connectivity index (χ0v) is 17.3. The van der Waals surface area contributed by atoms with Crippen LogP contribution in [0.4, 0.5) is 0 Å². The van der Waals surface area contributed by atoms with E-state index in [2.05, 4.69) is 10.0 Å². The first-order valence-corrected chi connectivity index (χ1v) is 10.7. The maximum absolute atomic E-state index is 12.6. The van der Waals surface area contributed by atoms with E-state index in [9.17, 15) is 18.0 Å². The zero-order valence-electron chi connectivity index (χ0n) is 16.5. The van der Waals surface area contributed by atoms with Gasteiger partial charge in [0.15, 0.2) is 0 Å². The second-order valence-electron chi connectivity index (χ2n) is 7.14. The van der Waals surface area contributed by atoms with Crippen LogP contribution in [-0.4, -0.2) is 51.8 Å². The van der Waals surface area contributed by atoms with Gasteiger partial charge in [-0.3, -0.25) is 9.59 Å². The number of hydrogen-bond acceptors (Lipinski definition) is 4. The van der Waals surface area contributed by atoms with Crippen molar-refractivity contribution in [3.05, 3.63) is 28.8 Å². The molecule has 1 heterocycles. The van der Waals surface area contributed by atoms with E-state index in [4.69, 9.17) is 0 Å². The van der Waals surface area contributed by atoms with Crippen molar-refractivity contribution in [2.24, 2.45) is 5.92 Å². The lowest BCUT2D eigenvalue weighted by atomic mass is 9.96. The second kappa shape index (κ2) is 8.84. The molecule has 1 saturated heterocycles. The first kappa shape index (κ1) is 21.4. The number of hydrogen-bond donors (Lipinski definition) is 2. The smallest absolute Gasteiger partial charge is 0.241 e. The number of amides is 2. The number of nitrogens with one attached hydrogen (secondary N) is 2. The van der Waals surface area contributed by atoms with Crippen LogP contribution < -0.4 is 10.0 Å². The molecule has 1 aromatic rings. The van der Waals surface area contributed by atoms with Gasteiger partial charge in [0.25, 0.3) is 0 Å². The number of likely N-dealkylation sites (tertiary alicyclic amines) is 1. The molecule has 0 radical (unpaired) electrons. The lowest BCUT2D eigenvalue weighted by molar-refractivity contribution is -0.135. The summed E-state index contributed by atoms with van der Waals surface area (Å²) >= 11 is 0. The van der Waals surface area contributed by atoms with Crippen LogP contribution in [0.15, 0.2) is 17.0 Å². The SMILES string of the molecule is CNC(=O)C1CCN(C(=O)CCNS(=O)(=O)c2c(C)cc(C)cc2C)CC1. The minimum absolute atomic E-state index is 0.0127. The molecule has 0 unspecified atom stereocenters. The largest absolute Gasteiger partial charge is 0.359 e. The Morgan fingerprint density at radius 2 is 1.67 bits per heavy atom. The van der Waals surface area contributed by atoms with Gasteiger partial charge in [0.2, 0.25) is 21.8 Å². The van der Waals surface area contributed by atoms with E-state index in [0.717, 1.165) is 5.56 Å². The molecule has 0 bridgehead atoms. The number of benzene rings is 1. The highest BCUT2D eigenvalue weighted by molar-refractivity contribution is 7.89. The predicted molar refractivity (Wildman–Crippen MR) is 104 cm³/mol. The molecule has 8 heteroatoms. The molecule has 1 aliphatic heterocycles. The van der Waals surface area contributed by atoms with E-state index in [0.29, 0.717) is 37.1 Å². The van der Waals surface area contributed by atoms with Crippen molar-refractivity contribution in [3.63, 3.8) is 0 Å². The van der Waals surface area contributed by atoms with Gasteiger partial charge in [0.1, 0.15) is 0 Å². The molecular formula is C19H29N3O4S. The van der Waals surface area contributed by atoms with Crippen molar-refractivity contribution in [2.45, 2.75) is 44.9 Å². The molecule has 2 amide bonds. The molecule has 0 aromatic heterocycles. The first-order chi connectivity index (χ1) is 12.7. The fourth-order valence-corrected chi connectivity index (χ4v) is 5.19. The van der Waals surface area contributed by atoms with E-state index in [1.165, 1.54) is 0 Å². The Bertz CT molecular complexity index is 789. The van der Waals surface area contributed by atoms with Crippen LogP contribution in [0.5, 0.6) is 0 Å². The van der Waals surface area contributed by atoms with Crippen molar-refractivity contribution in [3.8, 4) is 0 Å². The molecule has 0 spiro atoms. The number of nitrogens with zero attached hydrogens (tertiary/aromatic N) is 1. The fraction of sp³-hybridized carbons (Fsp3) is 0.579. The summed E-state index contributed by atoms with van der Waals surface area (Å²) in [5, 5.41) is 2.64. The number of piperidine rings is 1. The second-order valence-corrected chi connectivity index (χ2v) is 8.85. The molecule has 1 aliphatic rings. The number of aryl methyl sites for hydroxylation is 3. The average molecular weight is 396 g/mol. The molecule has 150 valence electrons. The van der Waals surface area contributed by atoms with Gasteiger partial charge in [0.05, 0.1) is 4.90 Å². The highest BCUT2D eigenvalue weighted by Gasteiger charge is 2.27. The zero-order chi connectivity index (χ0) is 20.2. The van der Waals surface area contributed by atoms with E-state index < -0.39 is 10.0 Å². The lowest BCUT2D eigenvalue weighted by Gasteiger charge is -2.31. The Morgan fingerprint density at radius 3 is 2.19 bits per heavy atom. The van der Waals surface area contributed by atoms with Gasteiger partial charge in [-0.05, 0) is 44.7 Å². The van der Waals surface area contributed by atoms with Gasteiger partial charge in [-0.1, -0.05) is 17.7 Å². The fourth-order valence-electron chi connectivity index (χ4n) is 3.71. The highest BCUT2D eigenvalue weighted by atomic mass is 32.2. The Morgan fingerprint density at radius 1 is 1.11 bits per heavy atom. The molecule has 1 aromatic carbocycles. The van der Waals surface area contributed by atoms with E-state index in [1.54, 1.807) is 25.8 Å². The van der Waals surface area contributed by atoms with Crippen LogP contribution in [0.2, 0.25) is 0 Å². The quantitative estimate of drug-likeness (QED) is 0.758. The molecule has 27 heavy (non-hydrogen) atoms. The van der Waals surface area contributed by atoms with Gasteiger partial charge >= 0.3 is 0 Å². The van der Waals surface area contributed by atoms with Crippen LogP contribution >= 0.6 is 0 Å². The predicted octanol–water partition coefficient (Wildman–Crippen LogP) is 1.26. The van der Waals surface area contributed by atoms with Crippen molar-refractivity contribution in [1.82, 2.24) is 14.9 Å². The standard InChI is InChI=1S/C19H29N3O4S/c1-13-11-14(2)18(15(3)12-13)27(25,26)21-8-5-17(23)22-9-6-16(7-10-22)19(24)20-4/h11-12,16,21H,5-10H2,1-4H3,(H,20,24). The summed E-state index contributed by atoms with van der Waals surface area (Å²) in [4.78, 5) is 26.0. The van der Waals surface area contributed by atoms with Crippen LogP contribution in [0.25, 0.3) is 0 Å². The molecule has 0 saturated carbocycles. The maximum atomic E-state index is 12.6. The summed E-state index contributed by atoms with van der Waals surface area (Å²) in [6.07, 6.45) is 1.38. The summed E-state index contributed by atoms with van der Waals surface area (Å²) < 4.78 is 27.8. The lowest BCUT2D eigenvalue weighted by Crippen LogP contribution is -2.43. The molecule has 2 N–H and O–H groups in total. The van der Waals surface area contributed by atoms with Gasteiger partial charge in [-0.2, -0.15) is 0 Å². The Kier molecular flexibility index (Phi) is 7.00. The van der Waals surface area contributed by atoms with E-state index >= 15 is 0 Å². The Labute approximate surface area is 161 Å². The minimum atomic E-state index is -3.66. The summed E-state index contributed by atoms with van der Waals surface area (Å²) in [7, 11) is -2.05. The van der Waals surface area contributed by atoms with Crippen molar-refractivity contribution < 1.29 is 18.0 Å². The molecule has 0 aliphatic carbocycles. The summed E-state index contributed by atoms with van der Waals surface area (Å²) in [6.45, 7) is 6.59. The third-order valence-electron chi connectivity index (χ3n) is 4.97. The Balaban J connectivity index is 1.89. The number of rotatable bonds is 6. The van der Waals surface area contributed by atoms with E-state index in [1.807, 2.05) is 19.1 Å². The van der Waals surface area contributed by atoms with Crippen LogP contribution in [0.1, 0.15) is 36.0 Å². The van der Waals surface area contributed by atoms with Crippen LogP contribution in [0, 0.1) is 26.7 Å². The monoisotopic (exact) mass is 395 g/mol. The summed E-state index contributed by atoms with van der Waals surface area (Å²) in [5.41, 5.74) is 2.41. The maximum Gasteiger partial charge on any atom is 0.241 e. The van der Waals surface area contributed by atoms with Gasteiger partial charge in [-0.25, -0.2) is 13.1 Å². The number of sulfonamides is 1. The Hall–Kier alpha value is -1.93. The van der Waals surface area contributed by atoms with E-state index in [-0.39, 0.29) is 35.6 Å².